The highest BCUT2D eigenvalue weighted by Gasteiger charge is 2.31. The number of nitrogens with one attached hydrogen (secondary N) is 1. The van der Waals surface area contributed by atoms with Crippen LogP contribution in [0.3, 0.4) is 0 Å². The van der Waals surface area contributed by atoms with Crippen molar-refractivity contribution in [2.45, 2.75) is 65.1 Å². The second-order valence-electron chi connectivity index (χ2n) is 7.65. The van der Waals surface area contributed by atoms with Crippen LogP contribution < -0.4 is 5.32 Å². The third-order valence-corrected chi connectivity index (χ3v) is 5.04. The van der Waals surface area contributed by atoms with Gasteiger partial charge in [-0.05, 0) is 66.5 Å². The van der Waals surface area contributed by atoms with Gasteiger partial charge in [0, 0.05) is 37.3 Å². The van der Waals surface area contributed by atoms with E-state index in [0.717, 1.165) is 19.0 Å². The molecule has 0 amide bonds. The zero-order chi connectivity index (χ0) is 14.0. The molecule has 2 aliphatic rings. The Bertz CT molecular complexity index is 266. The Morgan fingerprint density at radius 1 is 1.00 bits per heavy atom. The van der Waals surface area contributed by atoms with Crippen LogP contribution in [-0.4, -0.2) is 60.1 Å². The lowest BCUT2D eigenvalue weighted by molar-refractivity contribution is 0.0477. The second kappa shape index (κ2) is 6.11. The predicted molar refractivity (Wildman–Crippen MR) is 82.5 cm³/mol. The summed E-state index contributed by atoms with van der Waals surface area (Å²) in [4.78, 5) is 5.38. The number of nitrogens with zero attached hydrogens (tertiary/aromatic N) is 2. The molecular formula is C16H33N3. The highest BCUT2D eigenvalue weighted by Crippen LogP contribution is 2.25. The lowest BCUT2D eigenvalue weighted by Gasteiger charge is -2.45. The first kappa shape index (κ1) is 15.3. The molecule has 19 heavy (non-hydrogen) atoms. The van der Waals surface area contributed by atoms with Crippen LogP contribution in [0.1, 0.15) is 47.5 Å². The molecule has 2 unspecified atom stereocenters. The first-order valence-electron chi connectivity index (χ1n) is 8.09. The zero-order valence-electron chi connectivity index (χ0n) is 13.6. The van der Waals surface area contributed by atoms with Gasteiger partial charge < -0.3 is 5.32 Å². The molecule has 0 aliphatic carbocycles. The SMILES string of the molecule is CC1CNCC(C)N1CC1CCN(C(C)(C)C)CC1. The van der Waals surface area contributed by atoms with E-state index >= 15 is 0 Å². The van der Waals surface area contributed by atoms with Gasteiger partial charge in [0.15, 0.2) is 0 Å². The Hall–Kier alpha value is -0.120. The lowest BCUT2D eigenvalue weighted by atomic mass is 9.91. The molecule has 0 bridgehead atoms. The molecule has 3 nitrogen and oxygen atoms in total. The summed E-state index contributed by atoms with van der Waals surface area (Å²) in [5.74, 6) is 0.904. The van der Waals surface area contributed by atoms with Crippen LogP contribution in [0.4, 0.5) is 0 Å². The summed E-state index contributed by atoms with van der Waals surface area (Å²) in [7, 11) is 0. The van der Waals surface area contributed by atoms with Crippen molar-refractivity contribution in [1.82, 2.24) is 15.1 Å². The van der Waals surface area contributed by atoms with E-state index in [1.165, 1.54) is 32.5 Å². The van der Waals surface area contributed by atoms with E-state index in [2.05, 4.69) is 49.7 Å². The van der Waals surface area contributed by atoms with Gasteiger partial charge in [0.25, 0.3) is 0 Å². The van der Waals surface area contributed by atoms with E-state index in [9.17, 15) is 0 Å². The van der Waals surface area contributed by atoms with Crippen molar-refractivity contribution in [3.63, 3.8) is 0 Å². The largest absolute Gasteiger partial charge is 0.314 e. The number of piperazine rings is 1. The molecule has 0 spiro atoms. The van der Waals surface area contributed by atoms with Gasteiger partial charge in [-0.2, -0.15) is 0 Å². The van der Waals surface area contributed by atoms with Crippen LogP contribution in [0.5, 0.6) is 0 Å². The van der Waals surface area contributed by atoms with Crippen LogP contribution in [-0.2, 0) is 0 Å². The molecule has 0 aromatic heterocycles. The summed E-state index contributed by atoms with van der Waals surface area (Å²) in [6.45, 7) is 17.9. The van der Waals surface area contributed by atoms with Gasteiger partial charge in [-0.25, -0.2) is 0 Å². The summed E-state index contributed by atoms with van der Waals surface area (Å²) in [5.41, 5.74) is 0.348. The zero-order valence-corrected chi connectivity index (χ0v) is 13.6. The van der Waals surface area contributed by atoms with Crippen LogP contribution in [0.15, 0.2) is 0 Å². The molecule has 112 valence electrons. The average molecular weight is 267 g/mol. The highest BCUT2D eigenvalue weighted by atomic mass is 15.2. The fraction of sp³-hybridized carbons (Fsp3) is 1.00. The summed E-state index contributed by atoms with van der Waals surface area (Å²) in [6, 6.07) is 1.40. The highest BCUT2D eigenvalue weighted by molar-refractivity contribution is 4.87. The topological polar surface area (TPSA) is 18.5 Å². The maximum atomic E-state index is 3.53. The van der Waals surface area contributed by atoms with Crippen molar-refractivity contribution in [2.24, 2.45) is 5.92 Å². The summed E-state index contributed by atoms with van der Waals surface area (Å²) in [6.07, 6.45) is 2.75. The van der Waals surface area contributed by atoms with Crippen LogP contribution in [0, 0.1) is 5.92 Å². The summed E-state index contributed by atoms with van der Waals surface area (Å²) in [5, 5.41) is 3.53. The predicted octanol–water partition coefficient (Wildman–Crippen LogP) is 2.18. The molecule has 2 heterocycles. The van der Waals surface area contributed by atoms with Gasteiger partial charge in [0.2, 0.25) is 0 Å². The molecule has 2 saturated heterocycles. The normalized spacial score (nSPS) is 32.7. The van der Waals surface area contributed by atoms with Gasteiger partial charge in [-0.1, -0.05) is 0 Å². The lowest BCUT2D eigenvalue weighted by Crippen LogP contribution is -2.57. The molecule has 2 fully saturated rings. The van der Waals surface area contributed by atoms with Crippen LogP contribution in [0.25, 0.3) is 0 Å². The molecule has 0 aromatic rings. The Labute approximate surface area is 119 Å². The minimum atomic E-state index is 0.348. The standard InChI is InChI=1S/C16H33N3/c1-13-10-17-11-14(2)19(13)12-15-6-8-18(9-7-15)16(3,4)5/h13-15,17H,6-12H2,1-5H3. The van der Waals surface area contributed by atoms with Crippen molar-refractivity contribution >= 4 is 0 Å². The molecule has 1 N–H and O–H groups in total. The minimum Gasteiger partial charge on any atom is -0.314 e. The van der Waals surface area contributed by atoms with E-state index in [0.29, 0.717) is 17.6 Å². The van der Waals surface area contributed by atoms with E-state index in [-0.39, 0.29) is 0 Å². The van der Waals surface area contributed by atoms with E-state index < -0.39 is 0 Å². The fourth-order valence-electron chi connectivity index (χ4n) is 3.61. The van der Waals surface area contributed by atoms with Crippen molar-refractivity contribution in [3.05, 3.63) is 0 Å². The first-order chi connectivity index (χ1) is 8.88. The van der Waals surface area contributed by atoms with Crippen molar-refractivity contribution in [2.75, 3.05) is 32.7 Å². The van der Waals surface area contributed by atoms with Crippen LogP contribution in [0.2, 0.25) is 0 Å². The third-order valence-electron chi connectivity index (χ3n) is 5.04. The molecule has 0 radical (unpaired) electrons. The average Bonchev–Trinajstić information content (AvgIpc) is 2.33. The molecule has 0 aromatic carbocycles. The molecular weight excluding hydrogens is 234 g/mol. The van der Waals surface area contributed by atoms with Crippen molar-refractivity contribution < 1.29 is 0 Å². The van der Waals surface area contributed by atoms with Crippen molar-refractivity contribution in [3.8, 4) is 0 Å². The maximum Gasteiger partial charge on any atom is 0.0195 e. The van der Waals surface area contributed by atoms with E-state index in [1.807, 2.05) is 0 Å². The fourth-order valence-corrected chi connectivity index (χ4v) is 3.61. The first-order valence-corrected chi connectivity index (χ1v) is 8.09. The Kier molecular flexibility index (Phi) is 4.91. The monoisotopic (exact) mass is 267 g/mol. The Balaban J connectivity index is 1.82. The van der Waals surface area contributed by atoms with Crippen LogP contribution >= 0.6 is 0 Å². The number of hydrogen-bond acceptors (Lipinski definition) is 3. The Morgan fingerprint density at radius 2 is 1.53 bits per heavy atom. The third kappa shape index (κ3) is 3.93. The number of piperidine rings is 1. The maximum absolute atomic E-state index is 3.53. The number of rotatable bonds is 2. The molecule has 2 aliphatic heterocycles. The minimum absolute atomic E-state index is 0.348. The smallest absolute Gasteiger partial charge is 0.0195 e. The molecule has 0 saturated carbocycles. The van der Waals surface area contributed by atoms with Gasteiger partial charge in [-0.3, -0.25) is 9.80 Å². The number of likely N-dealkylation sites (tertiary alicyclic amines) is 1. The number of hydrogen-bond donors (Lipinski definition) is 1. The Morgan fingerprint density at radius 3 is 2.00 bits per heavy atom. The van der Waals surface area contributed by atoms with Gasteiger partial charge in [0.05, 0.1) is 0 Å². The second-order valence-corrected chi connectivity index (χ2v) is 7.65. The van der Waals surface area contributed by atoms with Gasteiger partial charge in [-0.15, -0.1) is 0 Å². The quantitative estimate of drug-likeness (QED) is 0.827. The van der Waals surface area contributed by atoms with Crippen molar-refractivity contribution in [1.29, 1.82) is 0 Å². The van der Waals surface area contributed by atoms with Gasteiger partial charge >= 0.3 is 0 Å². The van der Waals surface area contributed by atoms with Gasteiger partial charge in [0.1, 0.15) is 0 Å². The molecule has 2 atom stereocenters. The molecule has 3 heteroatoms. The molecule has 2 rings (SSSR count). The van der Waals surface area contributed by atoms with E-state index in [4.69, 9.17) is 0 Å². The summed E-state index contributed by atoms with van der Waals surface area (Å²) < 4.78 is 0. The summed E-state index contributed by atoms with van der Waals surface area (Å²) >= 11 is 0. The van der Waals surface area contributed by atoms with E-state index in [1.54, 1.807) is 0 Å².